The topological polar surface area (TPSA) is 55.1 Å². The number of thiazole rings is 1. The first-order chi connectivity index (χ1) is 12.2. The van der Waals surface area contributed by atoms with Gasteiger partial charge in [-0.1, -0.05) is 18.2 Å². The Bertz CT molecular complexity index is 1020. The van der Waals surface area contributed by atoms with E-state index in [4.69, 9.17) is 4.42 Å². The number of thioether (sulfide) groups is 1. The van der Waals surface area contributed by atoms with Gasteiger partial charge in [-0.2, -0.15) is 0 Å². The average molecular weight is 366 g/mol. The number of benzene rings is 2. The van der Waals surface area contributed by atoms with Crippen molar-refractivity contribution in [1.82, 2.24) is 4.98 Å². The summed E-state index contributed by atoms with van der Waals surface area (Å²) >= 11 is 3.17. The van der Waals surface area contributed by atoms with Crippen LogP contribution in [0.4, 0.5) is 5.69 Å². The predicted molar refractivity (Wildman–Crippen MR) is 103 cm³/mol. The van der Waals surface area contributed by atoms with Gasteiger partial charge in [0.1, 0.15) is 0 Å². The van der Waals surface area contributed by atoms with Gasteiger partial charge in [0.15, 0.2) is 16.5 Å². The zero-order valence-corrected chi connectivity index (χ0v) is 15.0. The Hall–Kier alpha value is -2.57. The summed E-state index contributed by atoms with van der Waals surface area (Å²) in [5.74, 6) is 0.596. The Kier molecular flexibility index (Phi) is 4.29. The van der Waals surface area contributed by atoms with Crippen LogP contribution < -0.4 is 5.32 Å². The van der Waals surface area contributed by atoms with E-state index in [0.717, 1.165) is 25.8 Å². The lowest BCUT2D eigenvalue weighted by atomic mass is 10.3. The fraction of sp³-hybridized carbons (Fsp3) is 0.0526. The molecule has 1 N–H and O–H groups in total. The van der Waals surface area contributed by atoms with Gasteiger partial charge >= 0.3 is 0 Å². The fourth-order valence-corrected chi connectivity index (χ4v) is 3.83. The van der Waals surface area contributed by atoms with E-state index in [1.54, 1.807) is 35.2 Å². The minimum Gasteiger partial charge on any atom is -0.448 e. The standard InChI is InChI=1S/C19H14N2O2S2/c1-24-13-6-4-5-12(11-13)20-18(22)15-9-10-16(23-15)19-21-14-7-2-3-8-17(14)25-19/h2-11H,1H3,(H,20,22). The summed E-state index contributed by atoms with van der Waals surface area (Å²) in [7, 11) is 0. The number of para-hydroxylation sites is 1. The largest absolute Gasteiger partial charge is 0.448 e. The number of rotatable bonds is 4. The van der Waals surface area contributed by atoms with Crippen LogP contribution in [-0.2, 0) is 0 Å². The van der Waals surface area contributed by atoms with E-state index in [-0.39, 0.29) is 11.7 Å². The Morgan fingerprint density at radius 3 is 2.84 bits per heavy atom. The number of hydrogen-bond donors (Lipinski definition) is 1. The molecule has 4 nitrogen and oxygen atoms in total. The van der Waals surface area contributed by atoms with Crippen molar-refractivity contribution >= 4 is 44.9 Å². The molecular weight excluding hydrogens is 352 g/mol. The number of amides is 1. The molecule has 0 spiro atoms. The SMILES string of the molecule is CSc1cccc(NC(=O)c2ccc(-c3nc4ccccc4s3)o2)c1. The zero-order valence-electron chi connectivity index (χ0n) is 13.4. The number of carbonyl (C=O) groups is 1. The van der Waals surface area contributed by atoms with Crippen molar-refractivity contribution in [3.8, 4) is 10.8 Å². The number of fused-ring (bicyclic) bond motifs is 1. The molecule has 0 bridgehead atoms. The van der Waals surface area contributed by atoms with Gasteiger partial charge in [-0.25, -0.2) is 4.98 Å². The molecule has 4 rings (SSSR count). The van der Waals surface area contributed by atoms with Crippen LogP contribution in [0.25, 0.3) is 21.0 Å². The fourth-order valence-electron chi connectivity index (χ4n) is 2.45. The normalized spacial score (nSPS) is 10.9. The third kappa shape index (κ3) is 3.31. The number of furan rings is 1. The van der Waals surface area contributed by atoms with Crippen molar-refractivity contribution in [1.29, 1.82) is 0 Å². The van der Waals surface area contributed by atoms with Crippen LogP contribution in [0.15, 0.2) is 70.0 Å². The van der Waals surface area contributed by atoms with Gasteiger partial charge in [0.2, 0.25) is 0 Å². The quantitative estimate of drug-likeness (QED) is 0.482. The molecule has 0 radical (unpaired) electrons. The van der Waals surface area contributed by atoms with Gasteiger partial charge in [0.05, 0.1) is 10.2 Å². The lowest BCUT2D eigenvalue weighted by Gasteiger charge is -2.04. The highest BCUT2D eigenvalue weighted by molar-refractivity contribution is 7.98. The predicted octanol–water partition coefficient (Wildman–Crippen LogP) is 5.53. The molecule has 0 aliphatic rings. The number of nitrogens with one attached hydrogen (secondary N) is 1. The van der Waals surface area contributed by atoms with Gasteiger partial charge < -0.3 is 9.73 Å². The molecule has 0 aliphatic carbocycles. The second-order valence-electron chi connectivity index (χ2n) is 5.34. The van der Waals surface area contributed by atoms with E-state index in [9.17, 15) is 4.79 Å². The van der Waals surface area contributed by atoms with Crippen LogP contribution in [0.2, 0.25) is 0 Å². The van der Waals surface area contributed by atoms with Crippen molar-refractivity contribution in [2.75, 3.05) is 11.6 Å². The third-order valence-electron chi connectivity index (χ3n) is 3.66. The number of aromatic nitrogens is 1. The lowest BCUT2D eigenvalue weighted by molar-refractivity contribution is 0.0997. The molecule has 0 saturated heterocycles. The van der Waals surface area contributed by atoms with Crippen LogP contribution >= 0.6 is 23.1 Å². The summed E-state index contributed by atoms with van der Waals surface area (Å²) in [6.07, 6.45) is 2.00. The second-order valence-corrected chi connectivity index (χ2v) is 7.25. The smallest absolute Gasteiger partial charge is 0.291 e. The maximum Gasteiger partial charge on any atom is 0.291 e. The second kappa shape index (κ2) is 6.74. The number of hydrogen-bond acceptors (Lipinski definition) is 5. The molecule has 0 unspecified atom stereocenters. The highest BCUT2D eigenvalue weighted by atomic mass is 32.2. The molecule has 0 aliphatic heterocycles. The summed E-state index contributed by atoms with van der Waals surface area (Å²) in [5, 5.41) is 3.63. The average Bonchev–Trinajstić information content (AvgIpc) is 3.28. The maximum atomic E-state index is 12.4. The summed E-state index contributed by atoms with van der Waals surface area (Å²) < 4.78 is 6.81. The van der Waals surface area contributed by atoms with Crippen molar-refractivity contribution in [3.63, 3.8) is 0 Å². The molecule has 2 heterocycles. The highest BCUT2D eigenvalue weighted by Crippen LogP contribution is 2.31. The number of anilines is 1. The molecule has 2 aromatic heterocycles. The molecule has 0 saturated carbocycles. The number of nitrogens with zero attached hydrogens (tertiary/aromatic N) is 1. The Morgan fingerprint density at radius 2 is 2.00 bits per heavy atom. The van der Waals surface area contributed by atoms with Crippen LogP contribution in [0.1, 0.15) is 10.6 Å². The molecule has 0 fully saturated rings. The van der Waals surface area contributed by atoms with E-state index in [1.165, 1.54) is 0 Å². The van der Waals surface area contributed by atoms with Gasteiger partial charge in [-0.05, 0) is 48.7 Å². The first kappa shape index (κ1) is 15.9. The van der Waals surface area contributed by atoms with Gasteiger partial charge in [-0.3, -0.25) is 4.79 Å². The first-order valence-electron chi connectivity index (χ1n) is 7.64. The van der Waals surface area contributed by atoms with E-state index in [2.05, 4.69) is 10.3 Å². The molecule has 25 heavy (non-hydrogen) atoms. The van der Waals surface area contributed by atoms with Crippen LogP contribution in [0.3, 0.4) is 0 Å². The first-order valence-corrected chi connectivity index (χ1v) is 9.68. The Labute approximate surface area is 152 Å². The third-order valence-corrected chi connectivity index (χ3v) is 5.44. The van der Waals surface area contributed by atoms with Crippen molar-refractivity contribution in [2.24, 2.45) is 0 Å². The monoisotopic (exact) mass is 366 g/mol. The van der Waals surface area contributed by atoms with E-state index in [1.807, 2.05) is 54.8 Å². The number of carbonyl (C=O) groups excluding carboxylic acids is 1. The highest BCUT2D eigenvalue weighted by Gasteiger charge is 2.15. The van der Waals surface area contributed by atoms with Gasteiger partial charge in [0.25, 0.3) is 5.91 Å². The van der Waals surface area contributed by atoms with Crippen LogP contribution in [-0.4, -0.2) is 17.1 Å². The maximum absolute atomic E-state index is 12.4. The Balaban J connectivity index is 1.56. The zero-order chi connectivity index (χ0) is 17.2. The minimum atomic E-state index is -0.273. The van der Waals surface area contributed by atoms with Crippen molar-refractivity contribution in [2.45, 2.75) is 4.90 Å². The molecule has 6 heteroatoms. The summed E-state index contributed by atoms with van der Waals surface area (Å²) in [6.45, 7) is 0. The van der Waals surface area contributed by atoms with E-state index >= 15 is 0 Å². The molecular formula is C19H14N2O2S2. The molecule has 0 atom stereocenters. The summed E-state index contributed by atoms with van der Waals surface area (Å²) in [4.78, 5) is 18.0. The summed E-state index contributed by atoms with van der Waals surface area (Å²) in [5.41, 5.74) is 1.67. The van der Waals surface area contributed by atoms with Gasteiger partial charge in [-0.15, -0.1) is 23.1 Å². The molecule has 1 amide bonds. The van der Waals surface area contributed by atoms with E-state index in [0.29, 0.717) is 5.76 Å². The molecule has 4 aromatic rings. The van der Waals surface area contributed by atoms with Crippen molar-refractivity contribution < 1.29 is 9.21 Å². The van der Waals surface area contributed by atoms with Crippen LogP contribution in [0.5, 0.6) is 0 Å². The minimum absolute atomic E-state index is 0.267. The van der Waals surface area contributed by atoms with Crippen LogP contribution in [0, 0.1) is 0 Å². The van der Waals surface area contributed by atoms with Gasteiger partial charge in [0, 0.05) is 10.6 Å². The summed E-state index contributed by atoms with van der Waals surface area (Å²) in [6, 6.07) is 19.1. The van der Waals surface area contributed by atoms with E-state index < -0.39 is 0 Å². The molecule has 2 aromatic carbocycles. The Morgan fingerprint density at radius 1 is 1.12 bits per heavy atom. The molecule has 124 valence electrons. The lowest BCUT2D eigenvalue weighted by Crippen LogP contribution is -2.10. The van der Waals surface area contributed by atoms with Crippen molar-refractivity contribution in [3.05, 3.63) is 66.4 Å².